The number of aliphatic carboxylic acids is 1. The zero-order valence-corrected chi connectivity index (χ0v) is 12.0. The lowest BCUT2D eigenvalue weighted by Gasteiger charge is -2.29. The van der Waals surface area contributed by atoms with Gasteiger partial charge in [0, 0.05) is 13.7 Å². The van der Waals surface area contributed by atoms with Crippen molar-refractivity contribution in [3.8, 4) is 0 Å². The van der Waals surface area contributed by atoms with Crippen LogP contribution in [0.4, 0.5) is 4.79 Å². The number of rotatable bonds is 5. The number of amides is 2. The second-order valence-corrected chi connectivity index (χ2v) is 5.93. The Kier molecular flexibility index (Phi) is 5.60. The number of carbonyl (C=O) groups excluding carboxylic acids is 1. The van der Waals surface area contributed by atoms with Crippen LogP contribution in [0.3, 0.4) is 0 Å². The molecular formula is C12H24N2O4. The summed E-state index contributed by atoms with van der Waals surface area (Å²) in [7, 11) is 1.55. The van der Waals surface area contributed by atoms with Crippen molar-refractivity contribution in [3.63, 3.8) is 0 Å². The fraction of sp³-hybridized carbons (Fsp3) is 0.833. The van der Waals surface area contributed by atoms with E-state index in [9.17, 15) is 9.59 Å². The molecule has 0 unspecified atom stereocenters. The van der Waals surface area contributed by atoms with Crippen LogP contribution >= 0.6 is 0 Å². The van der Waals surface area contributed by atoms with Crippen molar-refractivity contribution < 1.29 is 19.4 Å². The number of urea groups is 1. The van der Waals surface area contributed by atoms with Crippen molar-refractivity contribution >= 4 is 12.0 Å². The smallest absolute Gasteiger partial charge is 0.326 e. The maximum atomic E-state index is 11.6. The summed E-state index contributed by atoms with van der Waals surface area (Å²) in [5, 5.41) is 14.1. The molecule has 18 heavy (non-hydrogen) atoms. The summed E-state index contributed by atoms with van der Waals surface area (Å²) in [6.45, 7) is 9.21. The molecule has 0 saturated carbocycles. The molecule has 6 nitrogen and oxygen atoms in total. The van der Waals surface area contributed by atoms with Crippen molar-refractivity contribution in [3.05, 3.63) is 0 Å². The highest BCUT2D eigenvalue weighted by Gasteiger charge is 2.32. The van der Waals surface area contributed by atoms with E-state index >= 15 is 0 Å². The SMILES string of the molecule is COC(C)(C)CNC(=O)N[C@@H](C(=O)O)C(C)(C)C. The molecule has 3 N–H and O–H groups in total. The first-order valence-corrected chi connectivity index (χ1v) is 5.82. The van der Waals surface area contributed by atoms with Gasteiger partial charge >= 0.3 is 12.0 Å². The fourth-order valence-electron chi connectivity index (χ4n) is 1.20. The van der Waals surface area contributed by atoms with Crippen molar-refractivity contribution in [2.45, 2.75) is 46.3 Å². The minimum Gasteiger partial charge on any atom is -0.480 e. The predicted octanol–water partition coefficient (Wildman–Crippen LogP) is 1.21. The monoisotopic (exact) mass is 260 g/mol. The number of carboxylic acids is 1. The third-order valence-electron chi connectivity index (χ3n) is 2.62. The molecule has 0 rings (SSSR count). The Balaban J connectivity index is 4.42. The third kappa shape index (κ3) is 5.86. The van der Waals surface area contributed by atoms with Gasteiger partial charge in [-0.3, -0.25) is 0 Å². The summed E-state index contributed by atoms with van der Waals surface area (Å²) >= 11 is 0. The van der Waals surface area contributed by atoms with Gasteiger partial charge < -0.3 is 20.5 Å². The van der Waals surface area contributed by atoms with E-state index in [1.54, 1.807) is 27.9 Å². The molecule has 6 heteroatoms. The molecule has 0 aliphatic rings. The second-order valence-electron chi connectivity index (χ2n) is 5.93. The lowest BCUT2D eigenvalue weighted by Crippen LogP contribution is -2.54. The summed E-state index contributed by atoms with van der Waals surface area (Å²) in [5.41, 5.74) is -1.04. The number of hydrogen-bond donors (Lipinski definition) is 3. The molecule has 0 aromatic heterocycles. The van der Waals surface area contributed by atoms with E-state index in [2.05, 4.69) is 10.6 Å². The number of methoxy groups -OCH3 is 1. The van der Waals surface area contributed by atoms with Gasteiger partial charge in [0.25, 0.3) is 0 Å². The van der Waals surface area contributed by atoms with Gasteiger partial charge in [0.1, 0.15) is 6.04 Å². The first-order valence-electron chi connectivity index (χ1n) is 5.82. The van der Waals surface area contributed by atoms with Gasteiger partial charge in [0.05, 0.1) is 5.60 Å². The van der Waals surface area contributed by atoms with Crippen LogP contribution in [0, 0.1) is 5.41 Å². The largest absolute Gasteiger partial charge is 0.480 e. The Morgan fingerprint density at radius 2 is 1.72 bits per heavy atom. The van der Waals surface area contributed by atoms with E-state index in [4.69, 9.17) is 9.84 Å². The topological polar surface area (TPSA) is 87.7 Å². The van der Waals surface area contributed by atoms with Crippen LogP contribution in [0.15, 0.2) is 0 Å². The highest BCUT2D eigenvalue weighted by molar-refractivity contribution is 5.83. The van der Waals surface area contributed by atoms with Gasteiger partial charge in [-0.2, -0.15) is 0 Å². The molecule has 0 aliphatic heterocycles. The molecule has 0 spiro atoms. The maximum absolute atomic E-state index is 11.6. The number of ether oxygens (including phenoxy) is 1. The summed E-state index contributed by atoms with van der Waals surface area (Å²) in [6, 6.07) is -1.45. The van der Waals surface area contributed by atoms with Crippen LogP contribution in [-0.4, -0.2) is 42.4 Å². The average Bonchev–Trinajstić information content (AvgIpc) is 2.21. The van der Waals surface area contributed by atoms with Gasteiger partial charge in [-0.05, 0) is 19.3 Å². The Bertz CT molecular complexity index is 308. The Hall–Kier alpha value is -1.30. The van der Waals surface area contributed by atoms with Crippen molar-refractivity contribution in [2.75, 3.05) is 13.7 Å². The van der Waals surface area contributed by atoms with Gasteiger partial charge in [-0.25, -0.2) is 9.59 Å². The van der Waals surface area contributed by atoms with E-state index in [-0.39, 0.29) is 0 Å². The molecule has 0 fully saturated rings. The molecular weight excluding hydrogens is 236 g/mol. The highest BCUT2D eigenvalue weighted by atomic mass is 16.5. The summed E-state index contributed by atoms with van der Waals surface area (Å²) < 4.78 is 5.15. The van der Waals surface area contributed by atoms with Crippen LogP contribution < -0.4 is 10.6 Å². The van der Waals surface area contributed by atoms with Crippen molar-refractivity contribution in [2.24, 2.45) is 5.41 Å². The van der Waals surface area contributed by atoms with E-state index in [0.717, 1.165) is 0 Å². The van der Waals surface area contributed by atoms with E-state index in [1.807, 2.05) is 13.8 Å². The molecule has 0 heterocycles. The standard InChI is InChI=1S/C12H24N2O4/c1-11(2,3)8(9(15)16)14-10(17)13-7-12(4,5)18-6/h8H,7H2,1-6H3,(H,15,16)(H2,13,14,17)/t8-/m0/s1. The van der Waals surface area contributed by atoms with Crippen molar-refractivity contribution in [1.82, 2.24) is 10.6 Å². The van der Waals surface area contributed by atoms with Crippen LogP contribution in [0.2, 0.25) is 0 Å². The Morgan fingerprint density at radius 1 is 1.22 bits per heavy atom. The van der Waals surface area contributed by atoms with Crippen molar-refractivity contribution in [1.29, 1.82) is 0 Å². The highest BCUT2D eigenvalue weighted by Crippen LogP contribution is 2.19. The Labute approximate surface area is 108 Å². The molecule has 0 aromatic rings. The predicted molar refractivity (Wildman–Crippen MR) is 68.5 cm³/mol. The molecule has 1 atom stereocenters. The molecule has 2 amide bonds. The molecule has 0 bridgehead atoms. The normalized spacial score (nSPS) is 13.9. The zero-order valence-electron chi connectivity index (χ0n) is 12.0. The maximum Gasteiger partial charge on any atom is 0.326 e. The summed E-state index contributed by atoms with van der Waals surface area (Å²) in [4.78, 5) is 22.7. The second kappa shape index (κ2) is 6.04. The van der Waals surface area contributed by atoms with E-state index in [1.165, 1.54) is 0 Å². The van der Waals surface area contributed by atoms with Gasteiger partial charge in [-0.1, -0.05) is 20.8 Å². The van der Waals surface area contributed by atoms with E-state index < -0.39 is 29.1 Å². The number of hydrogen-bond acceptors (Lipinski definition) is 3. The molecule has 0 radical (unpaired) electrons. The average molecular weight is 260 g/mol. The zero-order chi connectivity index (χ0) is 14.6. The number of nitrogens with one attached hydrogen (secondary N) is 2. The summed E-state index contributed by atoms with van der Waals surface area (Å²) in [6.07, 6.45) is 0. The van der Waals surface area contributed by atoms with E-state index in [0.29, 0.717) is 6.54 Å². The Morgan fingerprint density at radius 3 is 2.06 bits per heavy atom. The fourth-order valence-corrected chi connectivity index (χ4v) is 1.20. The van der Waals surface area contributed by atoms with Gasteiger partial charge in [0.2, 0.25) is 0 Å². The lowest BCUT2D eigenvalue weighted by molar-refractivity contribution is -0.141. The van der Waals surface area contributed by atoms with Crippen LogP contribution in [0.5, 0.6) is 0 Å². The minimum absolute atomic E-state index is 0.297. The van der Waals surface area contributed by atoms with Crippen LogP contribution in [0.25, 0.3) is 0 Å². The molecule has 0 aromatic carbocycles. The lowest BCUT2D eigenvalue weighted by atomic mass is 9.87. The number of carboxylic acid groups (broad SMARTS) is 1. The molecule has 0 aliphatic carbocycles. The minimum atomic E-state index is -1.05. The third-order valence-corrected chi connectivity index (χ3v) is 2.62. The van der Waals surface area contributed by atoms with Crippen LogP contribution in [-0.2, 0) is 9.53 Å². The first kappa shape index (κ1) is 16.7. The first-order chi connectivity index (χ1) is 7.99. The summed E-state index contributed by atoms with van der Waals surface area (Å²) in [5.74, 6) is -1.05. The quantitative estimate of drug-likeness (QED) is 0.693. The van der Waals surface area contributed by atoms with Crippen LogP contribution in [0.1, 0.15) is 34.6 Å². The molecule has 0 saturated heterocycles. The molecule has 106 valence electrons. The van der Waals surface area contributed by atoms with Gasteiger partial charge in [0.15, 0.2) is 0 Å². The van der Waals surface area contributed by atoms with Gasteiger partial charge in [-0.15, -0.1) is 0 Å². The number of carbonyl (C=O) groups is 2.